The lowest BCUT2D eigenvalue weighted by atomic mass is 10.1. The summed E-state index contributed by atoms with van der Waals surface area (Å²) in [6.45, 7) is 0.868. The van der Waals surface area contributed by atoms with Crippen molar-refractivity contribution in [2.24, 2.45) is 0 Å². The summed E-state index contributed by atoms with van der Waals surface area (Å²) < 4.78 is 14.8. The number of halogens is 1. The van der Waals surface area contributed by atoms with Gasteiger partial charge in [0.15, 0.2) is 0 Å². The molecule has 0 atom stereocenters. The highest BCUT2D eigenvalue weighted by Crippen LogP contribution is 2.36. The molecule has 0 spiro atoms. The molecule has 21 heavy (non-hydrogen) atoms. The van der Waals surface area contributed by atoms with Gasteiger partial charge in [0.05, 0.1) is 6.61 Å². The maximum atomic E-state index is 14.1. The molecule has 2 aromatic rings. The van der Waals surface area contributed by atoms with Gasteiger partial charge in [-0.3, -0.25) is 4.90 Å². The van der Waals surface area contributed by atoms with E-state index in [2.05, 4.69) is 0 Å². The van der Waals surface area contributed by atoms with Crippen LogP contribution in [0.3, 0.4) is 0 Å². The summed E-state index contributed by atoms with van der Waals surface area (Å²) in [6.07, 6.45) is 2.10. The number of hydrogen-bond acceptors (Lipinski definition) is 4. The molecule has 0 unspecified atom stereocenters. The molecule has 1 aliphatic rings. The summed E-state index contributed by atoms with van der Waals surface area (Å²) in [5, 5.41) is 18.9. The third-order valence-electron chi connectivity index (χ3n) is 3.77. The Labute approximate surface area is 125 Å². The van der Waals surface area contributed by atoms with E-state index >= 15 is 0 Å². The fraction of sp³-hybridized carbons (Fsp3) is 0.400. The number of nitrogens with zero attached hydrogens (tertiary/aromatic N) is 1. The van der Waals surface area contributed by atoms with E-state index in [1.807, 2.05) is 4.90 Å². The van der Waals surface area contributed by atoms with Crippen molar-refractivity contribution in [3.05, 3.63) is 34.5 Å². The van der Waals surface area contributed by atoms with E-state index in [9.17, 15) is 14.3 Å². The van der Waals surface area contributed by atoms with Gasteiger partial charge in [-0.2, -0.15) is 0 Å². The molecule has 1 aromatic carbocycles. The highest BCUT2D eigenvalue weighted by Gasteiger charge is 2.31. The van der Waals surface area contributed by atoms with E-state index in [0.717, 1.165) is 24.2 Å². The average Bonchev–Trinajstić information content (AvgIpc) is 3.21. The first kappa shape index (κ1) is 14.4. The van der Waals surface area contributed by atoms with E-state index in [4.69, 9.17) is 5.11 Å². The first-order valence-electron chi connectivity index (χ1n) is 6.90. The van der Waals surface area contributed by atoms with Crippen LogP contribution in [-0.4, -0.2) is 40.3 Å². The van der Waals surface area contributed by atoms with Gasteiger partial charge in [-0.1, -0.05) is 6.07 Å². The number of carboxylic acid groups (broad SMARTS) is 1. The largest absolute Gasteiger partial charge is 0.477 e. The van der Waals surface area contributed by atoms with Crippen LogP contribution in [0.25, 0.3) is 10.1 Å². The van der Waals surface area contributed by atoms with Crippen molar-refractivity contribution in [2.75, 3.05) is 13.2 Å². The van der Waals surface area contributed by atoms with Gasteiger partial charge >= 0.3 is 5.97 Å². The number of carbonyl (C=O) groups is 1. The number of aliphatic hydroxyl groups is 1. The molecule has 0 amide bonds. The van der Waals surface area contributed by atoms with Crippen molar-refractivity contribution in [3.63, 3.8) is 0 Å². The molecule has 0 radical (unpaired) electrons. The predicted octanol–water partition coefficient (Wildman–Crippen LogP) is 2.70. The first-order chi connectivity index (χ1) is 10.1. The third kappa shape index (κ3) is 2.79. The highest BCUT2D eigenvalue weighted by atomic mass is 32.1. The van der Waals surface area contributed by atoms with Gasteiger partial charge in [-0.05, 0) is 25.0 Å². The van der Waals surface area contributed by atoms with Crippen molar-refractivity contribution < 1.29 is 19.4 Å². The lowest BCUT2D eigenvalue weighted by Gasteiger charge is -2.21. The van der Waals surface area contributed by atoms with E-state index in [1.165, 1.54) is 6.07 Å². The molecule has 3 rings (SSSR count). The predicted molar refractivity (Wildman–Crippen MR) is 79.3 cm³/mol. The fourth-order valence-corrected chi connectivity index (χ4v) is 3.72. The summed E-state index contributed by atoms with van der Waals surface area (Å²) >= 11 is 1.11. The zero-order chi connectivity index (χ0) is 15.0. The van der Waals surface area contributed by atoms with Gasteiger partial charge in [0, 0.05) is 34.8 Å². The van der Waals surface area contributed by atoms with Crippen LogP contribution < -0.4 is 0 Å². The number of benzene rings is 1. The second-order valence-electron chi connectivity index (χ2n) is 5.25. The molecule has 1 aliphatic carbocycles. The van der Waals surface area contributed by atoms with Crippen LogP contribution in [0.2, 0.25) is 0 Å². The minimum Gasteiger partial charge on any atom is -0.477 e. The third-order valence-corrected chi connectivity index (χ3v) is 4.95. The molecule has 0 aliphatic heterocycles. The molecule has 6 heteroatoms. The Morgan fingerprint density at radius 1 is 1.43 bits per heavy atom. The van der Waals surface area contributed by atoms with Crippen LogP contribution in [-0.2, 0) is 6.54 Å². The molecule has 0 bridgehead atoms. The fourth-order valence-electron chi connectivity index (χ4n) is 2.65. The van der Waals surface area contributed by atoms with Crippen molar-refractivity contribution >= 4 is 27.4 Å². The summed E-state index contributed by atoms with van der Waals surface area (Å²) in [4.78, 5) is 13.7. The van der Waals surface area contributed by atoms with Crippen LogP contribution >= 0.6 is 11.3 Å². The van der Waals surface area contributed by atoms with Crippen molar-refractivity contribution in [3.8, 4) is 0 Å². The quantitative estimate of drug-likeness (QED) is 0.861. The normalized spacial score (nSPS) is 15.0. The molecule has 1 aromatic heterocycles. The first-order valence-corrected chi connectivity index (χ1v) is 7.71. The Hall–Kier alpha value is -1.50. The Morgan fingerprint density at radius 2 is 2.19 bits per heavy atom. The topological polar surface area (TPSA) is 60.8 Å². The van der Waals surface area contributed by atoms with Crippen molar-refractivity contribution in [1.29, 1.82) is 0 Å². The lowest BCUT2D eigenvalue weighted by molar-refractivity contribution is 0.0700. The van der Waals surface area contributed by atoms with E-state index in [1.54, 1.807) is 12.1 Å². The Kier molecular flexibility index (Phi) is 3.93. The van der Waals surface area contributed by atoms with Crippen LogP contribution in [0.5, 0.6) is 0 Å². The molecule has 1 fully saturated rings. The molecule has 4 nitrogen and oxygen atoms in total. The second kappa shape index (κ2) is 5.71. The highest BCUT2D eigenvalue weighted by molar-refractivity contribution is 7.21. The Balaban J connectivity index is 2.06. The average molecular weight is 309 g/mol. The number of rotatable bonds is 6. The standard InChI is InChI=1S/C15H16FNO3S/c16-11-2-1-3-12-13(11)10(14(21-12)15(19)20)8-17(6-7-18)9-4-5-9/h1-3,9,18H,4-8H2,(H,19,20). The number of aromatic carboxylic acids is 1. The van der Waals surface area contributed by atoms with Gasteiger partial charge < -0.3 is 10.2 Å². The van der Waals surface area contributed by atoms with E-state index in [-0.39, 0.29) is 17.3 Å². The summed E-state index contributed by atoms with van der Waals surface area (Å²) in [6, 6.07) is 5.07. The van der Waals surface area contributed by atoms with Gasteiger partial charge in [0.2, 0.25) is 0 Å². The molecule has 112 valence electrons. The van der Waals surface area contributed by atoms with Gasteiger partial charge in [-0.15, -0.1) is 11.3 Å². The minimum absolute atomic E-state index is 0.0173. The van der Waals surface area contributed by atoms with Crippen LogP contribution in [0.1, 0.15) is 28.1 Å². The van der Waals surface area contributed by atoms with Gasteiger partial charge in [-0.25, -0.2) is 9.18 Å². The molecule has 0 saturated heterocycles. The van der Waals surface area contributed by atoms with Crippen LogP contribution in [0.4, 0.5) is 4.39 Å². The molecule has 1 heterocycles. The monoisotopic (exact) mass is 309 g/mol. The lowest BCUT2D eigenvalue weighted by Crippen LogP contribution is -2.29. The van der Waals surface area contributed by atoms with Crippen LogP contribution in [0, 0.1) is 5.82 Å². The number of hydrogen-bond donors (Lipinski definition) is 2. The van der Waals surface area contributed by atoms with Crippen molar-refractivity contribution in [2.45, 2.75) is 25.4 Å². The SMILES string of the molecule is O=C(O)c1sc2cccc(F)c2c1CN(CCO)C1CC1. The Bertz CT molecular complexity index is 681. The maximum Gasteiger partial charge on any atom is 0.346 e. The van der Waals surface area contributed by atoms with Crippen molar-refractivity contribution in [1.82, 2.24) is 4.90 Å². The minimum atomic E-state index is -1.02. The van der Waals surface area contributed by atoms with Crippen LogP contribution in [0.15, 0.2) is 18.2 Å². The zero-order valence-electron chi connectivity index (χ0n) is 11.4. The van der Waals surface area contributed by atoms with E-state index < -0.39 is 5.97 Å². The summed E-state index contributed by atoms with van der Waals surface area (Å²) in [5.41, 5.74) is 0.529. The maximum absolute atomic E-state index is 14.1. The molecule has 1 saturated carbocycles. The number of fused-ring (bicyclic) bond motifs is 1. The number of aliphatic hydroxyl groups excluding tert-OH is 1. The summed E-state index contributed by atoms with van der Waals surface area (Å²) in [5.74, 6) is -1.41. The summed E-state index contributed by atoms with van der Waals surface area (Å²) in [7, 11) is 0. The number of thiophene rings is 1. The van der Waals surface area contributed by atoms with Gasteiger partial charge in [0.25, 0.3) is 0 Å². The number of carboxylic acids is 1. The molecular weight excluding hydrogens is 293 g/mol. The Morgan fingerprint density at radius 3 is 2.81 bits per heavy atom. The second-order valence-corrected chi connectivity index (χ2v) is 6.31. The smallest absolute Gasteiger partial charge is 0.346 e. The molecular formula is C15H16FNO3S. The van der Waals surface area contributed by atoms with Gasteiger partial charge in [0.1, 0.15) is 10.7 Å². The van der Waals surface area contributed by atoms with E-state index in [0.29, 0.717) is 34.8 Å². The molecule has 2 N–H and O–H groups in total. The zero-order valence-corrected chi connectivity index (χ0v) is 12.2.